The predicted molar refractivity (Wildman–Crippen MR) is 123 cm³/mol. The van der Waals surface area contributed by atoms with Gasteiger partial charge in [0.25, 0.3) is 0 Å². The van der Waals surface area contributed by atoms with Crippen molar-refractivity contribution in [2.24, 2.45) is 0 Å². The third-order valence-electron chi connectivity index (χ3n) is 6.46. The smallest absolute Gasteiger partial charge is 0.232 e. The van der Waals surface area contributed by atoms with Crippen LogP contribution in [0.1, 0.15) is 45.5 Å². The standard InChI is InChI=1S/C25H24BrNO6/c1-14-5-20-19(10-27(12-31-20)9-18-3-2-4-30-18)25-22(14)23(28)21(33-25)8-15-6-17(26)7-16-11-29-13-32-24(15)16/h5-8,18H,2-4,9-13H2,1H3/b21-8-. The summed E-state index contributed by atoms with van der Waals surface area (Å²) in [6.45, 7) is 5.37. The van der Waals surface area contributed by atoms with E-state index >= 15 is 0 Å². The fraction of sp³-hybridized carbons (Fsp3) is 0.400. The van der Waals surface area contributed by atoms with Gasteiger partial charge in [0, 0.05) is 35.3 Å². The lowest BCUT2D eigenvalue weighted by atomic mass is 9.98. The number of rotatable bonds is 3. The lowest BCUT2D eigenvalue weighted by Gasteiger charge is -2.31. The van der Waals surface area contributed by atoms with Gasteiger partial charge in [-0.2, -0.15) is 0 Å². The number of ether oxygens (including phenoxy) is 5. The van der Waals surface area contributed by atoms with E-state index < -0.39 is 0 Å². The highest BCUT2D eigenvalue weighted by Crippen LogP contribution is 2.45. The van der Waals surface area contributed by atoms with Crippen LogP contribution in [0.25, 0.3) is 6.08 Å². The minimum absolute atomic E-state index is 0.123. The van der Waals surface area contributed by atoms with Crippen LogP contribution >= 0.6 is 15.9 Å². The molecule has 6 rings (SSSR count). The van der Waals surface area contributed by atoms with E-state index in [0.29, 0.717) is 36.9 Å². The third kappa shape index (κ3) is 3.85. The van der Waals surface area contributed by atoms with Crippen LogP contribution in [0.4, 0.5) is 0 Å². The molecule has 0 bridgehead atoms. The maximum absolute atomic E-state index is 13.4. The van der Waals surface area contributed by atoms with Crippen LogP contribution in [0.3, 0.4) is 0 Å². The van der Waals surface area contributed by atoms with Crippen molar-refractivity contribution in [3.8, 4) is 17.2 Å². The van der Waals surface area contributed by atoms with E-state index in [1.54, 1.807) is 6.08 Å². The lowest BCUT2D eigenvalue weighted by Crippen LogP contribution is -2.37. The average molecular weight is 514 g/mol. The summed E-state index contributed by atoms with van der Waals surface area (Å²) in [5.74, 6) is 2.26. The summed E-state index contributed by atoms with van der Waals surface area (Å²) >= 11 is 3.54. The van der Waals surface area contributed by atoms with E-state index in [2.05, 4.69) is 20.8 Å². The minimum atomic E-state index is -0.123. The summed E-state index contributed by atoms with van der Waals surface area (Å²) in [6.07, 6.45) is 4.17. The second-order valence-electron chi connectivity index (χ2n) is 8.83. The first-order chi connectivity index (χ1) is 16.1. The second kappa shape index (κ2) is 8.43. The number of carbonyl (C=O) groups excluding carboxylic acids is 1. The summed E-state index contributed by atoms with van der Waals surface area (Å²) in [5, 5.41) is 0. The number of ketones is 1. The van der Waals surface area contributed by atoms with Gasteiger partial charge in [-0.05, 0) is 49.6 Å². The maximum Gasteiger partial charge on any atom is 0.232 e. The van der Waals surface area contributed by atoms with Gasteiger partial charge in [-0.25, -0.2) is 0 Å². The van der Waals surface area contributed by atoms with E-state index in [9.17, 15) is 4.79 Å². The molecule has 1 unspecified atom stereocenters. The number of aryl methyl sites for hydroxylation is 1. The molecule has 0 N–H and O–H groups in total. The number of halogens is 1. The maximum atomic E-state index is 13.4. The van der Waals surface area contributed by atoms with Crippen molar-refractivity contribution in [1.29, 1.82) is 0 Å². The van der Waals surface area contributed by atoms with Gasteiger partial charge in [-0.1, -0.05) is 15.9 Å². The molecule has 33 heavy (non-hydrogen) atoms. The van der Waals surface area contributed by atoms with Gasteiger partial charge in [-0.3, -0.25) is 9.69 Å². The van der Waals surface area contributed by atoms with Crippen LogP contribution in [-0.4, -0.2) is 43.5 Å². The van der Waals surface area contributed by atoms with Gasteiger partial charge in [0.15, 0.2) is 12.6 Å². The number of hydrogen-bond donors (Lipinski definition) is 0. The summed E-state index contributed by atoms with van der Waals surface area (Å²) in [6, 6.07) is 5.83. The number of carbonyl (C=O) groups is 1. The molecule has 172 valence electrons. The quantitative estimate of drug-likeness (QED) is 0.556. The van der Waals surface area contributed by atoms with Crippen LogP contribution < -0.4 is 14.2 Å². The molecular formula is C25H24BrNO6. The molecule has 4 aliphatic heterocycles. The number of fused-ring (bicyclic) bond motifs is 4. The molecule has 0 aromatic heterocycles. The zero-order valence-corrected chi connectivity index (χ0v) is 19.9. The molecule has 8 heteroatoms. The Hall–Kier alpha value is -2.39. The minimum Gasteiger partial charge on any atom is -0.478 e. The zero-order valence-electron chi connectivity index (χ0n) is 18.3. The molecule has 4 heterocycles. The molecule has 0 saturated carbocycles. The molecule has 2 aromatic carbocycles. The Kier molecular flexibility index (Phi) is 5.41. The van der Waals surface area contributed by atoms with Crippen LogP contribution in [0.5, 0.6) is 17.2 Å². The highest BCUT2D eigenvalue weighted by molar-refractivity contribution is 9.10. The SMILES string of the molecule is Cc1cc2c(c3c1C(=O)/C(=C/c1cc(Br)cc4c1OCOC4)O3)CN(CC1CCCO1)CO2. The normalized spacial score (nSPS) is 22.9. The fourth-order valence-corrected chi connectivity index (χ4v) is 5.45. The van der Waals surface area contributed by atoms with Gasteiger partial charge < -0.3 is 23.7 Å². The van der Waals surface area contributed by atoms with Crippen molar-refractivity contribution >= 4 is 27.8 Å². The largest absolute Gasteiger partial charge is 0.478 e. The van der Waals surface area contributed by atoms with E-state index in [0.717, 1.165) is 58.5 Å². The predicted octanol–water partition coefficient (Wildman–Crippen LogP) is 4.57. The zero-order chi connectivity index (χ0) is 22.5. The van der Waals surface area contributed by atoms with Crippen molar-refractivity contribution in [1.82, 2.24) is 4.90 Å². The molecule has 7 nitrogen and oxygen atoms in total. The Bertz CT molecular complexity index is 1170. The van der Waals surface area contributed by atoms with Crippen LogP contribution in [0.15, 0.2) is 28.4 Å². The Morgan fingerprint density at radius 1 is 1.21 bits per heavy atom. The van der Waals surface area contributed by atoms with Gasteiger partial charge in [0.2, 0.25) is 5.78 Å². The fourth-order valence-electron chi connectivity index (χ4n) is 4.93. The monoisotopic (exact) mass is 513 g/mol. The molecule has 0 spiro atoms. The van der Waals surface area contributed by atoms with E-state index in [-0.39, 0.29) is 24.4 Å². The van der Waals surface area contributed by atoms with E-state index in [1.165, 1.54) is 0 Å². The molecule has 0 radical (unpaired) electrons. The summed E-state index contributed by atoms with van der Waals surface area (Å²) in [5.41, 5.74) is 4.08. The van der Waals surface area contributed by atoms with Crippen molar-refractivity contribution in [3.63, 3.8) is 0 Å². The van der Waals surface area contributed by atoms with Gasteiger partial charge in [0.05, 0.1) is 23.8 Å². The molecule has 0 amide bonds. The number of benzene rings is 2. The molecule has 1 fully saturated rings. The first-order valence-corrected chi connectivity index (χ1v) is 12.0. The van der Waals surface area contributed by atoms with E-state index in [4.69, 9.17) is 23.7 Å². The molecular weight excluding hydrogens is 490 g/mol. The van der Waals surface area contributed by atoms with Crippen molar-refractivity contribution in [2.45, 2.75) is 39.0 Å². The van der Waals surface area contributed by atoms with Gasteiger partial charge in [-0.15, -0.1) is 0 Å². The van der Waals surface area contributed by atoms with Crippen LogP contribution in [0, 0.1) is 6.92 Å². The van der Waals surface area contributed by atoms with Crippen molar-refractivity contribution < 1.29 is 28.5 Å². The highest BCUT2D eigenvalue weighted by Gasteiger charge is 2.36. The molecule has 0 aliphatic carbocycles. The summed E-state index contributed by atoms with van der Waals surface area (Å²) < 4.78 is 30.1. The van der Waals surface area contributed by atoms with Crippen molar-refractivity contribution in [2.75, 3.05) is 26.7 Å². The average Bonchev–Trinajstić information content (AvgIpc) is 3.43. The van der Waals surface area contributed by atoms with Crippen LogP contribution in [-0.2, 0) is 22.6 Å². The van der Waals surface area contributed by atoms with Crippen LogP contribution in [0.2, 0.25) is 0 Å². The third-order valence-corrected chi connectivity index (χ3v) is 6.92. The second-order valence-corrected chi connectivity index (χ2v) is 9.74. The molecule has 4 aliphatic rings. The van der Waals surface area contributed by atoms with Crippen molar-refractivity contribution in [3.05, 3.63) is 56.2 Å². The van der Waals surface area contributed by atoms with Gasteiger partial charge >= 0.3 is 0 Å². The Morgan fingerprint density at radius 2 is 2.12 bits per heavy atom. The highest BCUT2D eigenvalue weighted by atomic mass is 79.9. The van der Waals surface area contributed by atoms with E-state index in [1.807, 2.05) is 25.1 Å². The summed E-state index contributed by atoms with van der Waals surface area (Å²) in [7, 11) is 0. The molecule has 1 atom stereocenters. The topological polar surface area (TPSA) is 66.5 Å². The first-order valence-electron chi connectivity index (χ1n) is 11.2. The molecule has 2 aromatic rings. The molecule has 1 saturated heterocycles. The Labute approximate surface area is 200 Å². The Balaban J connectivity index is 1.34. The number of nitrogens with zero attached hydrogens (tertiary/aromatic N) is 1. The van der Waals surface area contributed by atoms with Gasteiger partial charge in [0.1, 0.15) is 24.0 Å². The number of allylic oxidation sites excluding steroid dienone is 1. The lowest BCUT2D eigenvalue weighted by molar-refractivity contribution is -0.0165. The Morgan fingerprint density at radius 3 is 2.97 bits per heavy atom. The number of Topliss-reactive ketones (excluding diaryl/α,β-unsaturated/α-hetero) is 1. The summed E-state index contributed by atoms with van der Waals surface area (Å²) in [4.78, 5) is 15.6. The first kappa shape index (κ1) is 21.2. The number of hydrogen-bond acceptors (Lipinski definition) is 7.